The standard InChI is InChI=1S/C30H25ClN2O6S/c1-17-9-11-19(12-10-17)40(36,37)33-26(13-18-16-32-25-8-3-2-5-20(18)25)30(35)39-28-15-27-23(14-24(28)31)21-6-4-7-22(21)29(34)38-27/h2-3,5,8-12,14-16,26,32-33H,4,6-7,13H2,1H3/t26-/m0/s1. The average molecular weight is 577 g/mol. The summed E-state index contributed by atoms with van der Waals surface area (Å²) in [6, 6.07) is 15.6. The minimum Gasteiger partial charge on any atom is -0.424 e. The van der Waals surface area contributed by atoms with Gasteiger partial charge in [-0.3, -0.25) is 0 Å². The van der Waals surface area contributed by atoms with E-state index in [0.717, 1.165) is 40.4 Å². The van der Waals surface area contributed by atoms with Gasteiger partial charge in [0.15, 0.2) is 5.75 Å². The molecular formula is C30H25ClN2O6S. The molecule has 40 heavy (non-hydrogen) atoms. The summed E-state index contributed by atoms with van der Waals surface area (Å²) in [5.74, 6) is -0.885. The molecular weight excluding hydrogens is 552 g/mol. The number of aromatic amines is 1. The number of esters is 1. The molecule has 1 atom stereocenters. The van der Waals surface area contributed by atoms with Crippen molar-refractivity contribution in [3.8, 4) is 5.75 Å². The summed E-state index contributed by atoms with van der Waals surface area (Å²) >= 11 is 6.52. The van der Waals surface area contributed by atoms with Crippen LogP contribution in [0.3, 0.4) is 0 Å². The van der Waals surface area contributed by atoms with Crippen molar-refractivity contribution in [3.05, 3.63) is 105 Å². The first-order valence-electron chi connectivity index (χ1n) is 12.8. The molecule has 0 fully saturated rings. The van der Waals surface area contributed by atoms with Gasteiger partial charge in [-0.05, 0) is 61.6 Å². The molecule has 0 aliphatic heterocycles. The molecule has 0 amide bonds. The number of benzene rings is 3. The molecule has 6 rings (SSSR count). The normalized spacial score (nSPS) is 13.9. The topological polar surface area (TPSA) is 118 Å². The Hall–Kier alpha value is -3.92. The first-order valence-corrected chi connectivity index (χ1v) is 14.7. The van der Waals surface area contributed by atoms with Gasteiger partial charge in [0.2, 0.25) is 10.0 Å². The zero-order valence-corrected chi connectivity index (χ0v) is 23.1. The fourth-order valence-corrected chi connectivity index (χ4v) is 6.59. The van der Waals surface area contributed by atoms with Crippen LogP contribution in [0.2, 0.25) is 5.02 Å². The molecule has 0 saturated heterocycles. The molecule has 2 N–H and O–H groups in total. The Morgan fingerprint density at radius 2 is 1.82 bits per heavy atom. The van der Waals surface area contributed by atoms with Gasteiger partial charge in [-0.15, -0.1) is 0 Å². The van der Waals surface area contributed by atoms with E-state index >= 15 is 0 Å². The fraction of sp³-hybridized carbons (Fsp3) is 0.200. The maximum Gasteiger partial charge on any atom is 0.339 e. The van der Waals surface area contributed by atoms with Crippen molar-refractivity contribution in [1.29, 1.82) is 0 Å². The van der Waals surface area contributed by atoms with Gasteiger partial charge in [-0.2, -0.15) is 4.72 Å². The molecule has 1 aliphatic rings. The largest absolute Gasteiger partial charge is 0.424 e. The molecule has 0 saturated carbocycles. The van der Waals surface area contributed by atoms with Gasteiger partial charge in [0.05, 0.1) is 9.92 Å². The number of aryl methyl sites for hydroxylation is 2. The number of ether oxygens (including phenoxy) is 1. The summed E-state index contributed by atoms with van der Waals surface area (Å²) in [7, 11) is -4.08. The summed E-state index contributed by atoms with van der Waals surface area (Å²) in [6.07, 6.45) is 3.99. The number of rotatable bonds is 7. The third-order valence-electron chi connectivity index (χ3n) is 7.25. The van der Waals surface area contributed by atoms with Crippen molar-refractivity contribution in [2.24, 2.45) is 0 Å². The van der Waals surface area contributed by atoms with E-state index in [1.165, 1.54) is 18.2 Å². The second-order valence-corrected chi connectivity index (χ2v) is 12.1. The number of hydrogen-bond donors (Lipinski definition) is 2. The Kier molecular flexibility index (Phi) is 6.74. The maximum atomic E-state index is 13.6. The minimum atomic E-state index is -4.08. The van der Waals surface area contributed by atoms with Gasteiger partial charge in [0.25, 0.3) is 0 Å². The van der Waals surface area contributed by atoms with Crippen molar-refractivity contribution >= 4 is 49.5 Å². The number of fused-ring (bicyclic) bond motifs is 4. The summed E-state index contributed by atoms with van der Waals surface area (Å²) in [5.41, 5.74) is 3.87. The lowest BCUT2D eigenvalue weighted by Gasteiger charge is -2.18. The highest BCUT2D eigenvalue weighted by molar-refractivity contribution is 7.89. The van der Waals surface area contributed by atoms with Crippen molar-refractivity contribution in [3.63, 3.8) is 0 Å². The lowest BCUT2D eigenvalue weighted by Crippen LogP contribution is -2.44. The van der Waals surface area contributed by atoms with E-state index in [1.54, 1.807) is 24.4 Å². The van der Waals surface area contributed by atoms with Crippen LogP contribution in [0.15, 0.2) is 81.0 Å². The first kappa shape index (κ1) is 26.3. The Morgan fingerprint density at radius 1 is 1.07 bits per heavy atom. The van der Waals surface area contributed by atoms with Gasteiger partial charge < -0.3 is 14.1 Å². The molecule has 2 heterocycles. The van der Waals surface area contributed by atoms with E-state index in [0.29, 0.717) is 17.4 Å². The van der Waals surface area contributed by atoms with Gasteiger partial charge in [-0.1, -0.05) is 47.5 Å². The number of sulfonamides is 1. The number of H-pyrrole nitrogens is 1. The quantitative estimate of drug-likeness (QED) is 0.156. The molecule has 204 valence electrons. The molecule has 0 radical (unpaired) electrons. The molecule has 0 unspecified atom stereocenters. The Bertz CT molecular complexity index is 1940. The monoisotopic (exact) mass is 576 g/mol. The molecule has 2 aromatic heterocycles. The van der Waals surface area contributed by atoms with Crippen molar-refractivity contribution in [2.75, 3.05) is 0 Å². The van der Waals surface area contributed by atoms with Crippen LogP contribution < -0.4 is 15.1 Å². The molecule has 0 spiro atoms. The van der Waals surface area contributed by atoms with E-state index in [4.69, 9.17) is 20.8 Å². The molecule has 8 nitrogen and oxygen atoms in total. The molecule has 1 aliphatic carbocycles. The summed E-state index contributed by atoms with van der Waals surface area (Å²) in [6.45, 7) is 1.85. The predicted molar refractivity (Wildman–Crippen MR) is 152 cm³/mol. The number of aromatic nitrogens is 1. The Balaban J connectivity index is 1.35. The second kappa shape index (κ2) is 10.2. The average Bonchev–Trinajstić information content (AvgIpc) is 3.58. The number of para-hydroxylation sites is 1. The second-order valence-electron chi connectivity index (χ2n) is 9.95. The third kappa shape index (κ3) is 4.92. The number of hydrogen-bond acceptors (Lipinski definition) is 6. The van der Waals surface area contributed by atoms with Gasteiger partial charge in [-0.25, -0.2) is 18.0 Å². The number of nitrogens with one attached hydrogen (secondary N) is 2. The predicted octanol–water partition coefficient (Wildman–Crippen LogP) is 5.22. The highest BCUT2D eigenvalue weighted by Gasteiger charge is 2.30. The van der Waals surface area contributed by atoms with Crippen LogP contribution in [0.1, 0.15) is 28.7 Å². The highest BCUT2D eigenvalue weighted by atomic mass is 35.5. The molecule has 5 aromatic rings. The minimum absolute atomic E-state index is 0.0156. The zero-order valence-electron chi connectivity index (χ0n) is 21.5. The maximum absolute atomic E-state index is 13.6. The van der Waals surface area contributed by atoms with Gasteiger partial charge >= 0.3 is 11.6 Å². The summed E-state index contributed by atoms with van der Waals surface area (Å²) < 4.78 is 40.3. The van der Waals surface area contributed by atoms with E-state index < -0.39 is 27.7 Å². The lowest BCUT2D eigenvalue weighted by atomic mass is 10.1. The number of halogens is 1. The van der Waals surface area contributed by atoms with E-state index in [9.17, 15) is 18.0 Å². The highest BCUT2D eigenvalue weighted by Crippen LogP contribution is 2.35. The van der Waals surface area contributed by atoms with Crippen molar-refractivity contribution in [2.45, 2.75) is 43.5 Å². The van der Waals surface area contributed by atoms with Crippen LogP contribution in [0.25, 0.3) is 21.9 Å². The van der Waals surface area contributed by atoms with Crippen LogP contribution in [0.4, 0.5) is 0 Å². The molecule has 0 bridgehead atoms. The van der Waals surface area contributed by atoms with Gasteiger partial charge in [0, 0.05) is 40.5 Å². The SMILES string of the molecule is Cc1ccc(S(=O)(=O)N[C@@H](Cc2c[nH]c3ccccc23)C(=O)Oc2cc3oc(=O)c4c(c3cc2Cl)CCC4)cc1. The van der Waals surface area contributed by atoms with Crippen molar-refractivity contribution < 1.29 is 22.4 Å². The summed E-state index contributed by atoms with van der Waals surface area (Å²) in [5, 5.41) is 1.71. The third-order valence-corrected chi connectivity index (χ3v) is 9.03. The van der Waals surface area contributed by atoms with E-state index in [1.807, 2.05) is 31.2 Å². The fourth-order valence-electron chi connectivity index (χ4n) is 5.21. The number of carbonyl (C=O) groups is 1. The van der Waals surface area contributed by atoms with Crippen LogP contribution in [-0.2, 0) is 34.1 Å². The van der Waals surface area contributed by atoms with E-state index in [-0.39, 0.29) is 27.7 Å². The summed E-state index contributed by atoms with van der Waals surface area (Å²) in [4.78, 5) is 29.2. The van der Waals surface area contributed by atoms with Crippen LogP contribution in [0, 0.1) is 6.92 Å². The van der Waals surface area contributed by atoms with Crippen LogP contribution in [0.5, 0.6) is 5.75 Å². The van der Waals surface area contributed by atoms with Crippen LogP contribution in [-0.4, -0.2) is 25.4 Å². The van der Waals surface area contributed by atoms with E-state index in [2.05, 4.69) is 9.71 Å². The molecule has 10 heteroatoms. The Morgan fingerprint density at radius 3 is 2.62 bits per heavy atom. The number of carbonyl (C=O) groups excluding carboxylic acids is 1. The smallest absolute Gasteiger partial charge is 0.339 e. The first-order chi connectivity index (χ1) is 19.2. The molecule has 3 aromatic carbocycles. The Labute approximate surface area is 235 Å². The van der Waals surface area contributed by atoms with Gasteiger partial charge in [0.1, 0.15) is 11.6 Å². The van der Waals surface area contributed by atoms with Crippen molar-refractivity contribution in [1.82, 2.24) is 9.71 Å². The zero-order chi connectivity index (χ0) is 28.0. The van der Waals surface area contributed by atoms with Crippen LogP contribution >= 0.6 is 11.6 Å². The lowest BCUT2D eigenvalue weighted by molar-refractivity contribution is -0.136.